The fourth-order valence-corrected chi connectivity index (χ4v) is 3.83. The summed E-state index contributed by atoms with van der Waals surface area (Å²) >= 11 is 0. The largest absolute Gasteiger partial charge is 0.324 e. The van der Waals surface area contributed by atoms with Crippen LogP contribution in [0.5, 0.6) is 0 Å². The number of likely N-dealkylation sites (N-methyl/N-ethyl adjacent to an activating group) is 1. The van der Waals surface area contributed by atoms with Crippen molar-refractivity contribution in [1.29, 1.82) is 0 Å². The molecule has 0 amide bonds. The standard InChI is InChI=1S/C23H26N4/c1-3-26(4-2)14-15-27-21-12-6-10-19-9-5-11-20(22(19)21)23(27)25-17-18-8-7-13-24-16-18/h5-13,16H,3-4,14-15,17H2,1-2H3. The highest BCUT2D eigenvalue weighted by atomic mass is 15.2. The zero-order chi connectivity index (χ0) is 18.6. The highest BCUT2D eigenvalue weighted by Crippen LogP contribution is 2.37. The number of nitrogens with zero attached hydrogens (tertiary/aromatic N) is 4. The number of anilines is 1. The van der Waals surface area contributed by atoms with Crippen molar-refractivity contribution >= 4 is 22.3 Å². The van der Waals surface area contributed by atoms with Crippen molar-refractivity contribution in [2.75, 3.05) is 31.1 Å². The highest BCUT2D eigenvalue weighted by molar-refractivity contribution is 6.27. The number of amidine groups is 1. The molecule has 0 atom stereocenters. The summed E-state index contributed by atoms with van der Waals surface area (Å²) in [5.41, 5.74) is 3.66. The van der Waals surface area contributed by atoms with Gasteiger partial charge in [-0.1, -0.05) is 50.2 Å². The Balaban J connectivity index is 1.71. The molecule has 0 radical (unpaired) electrons. The first-order valence-electron chi connectivity index (χ1n) is 9.77. The van der Waals surface area contributed by atoms with E-state index in [1.54, 1.807) is 6.20 Å². The first-order valence-corrected chi connectivity index (χ1v) is 9.77. The van der Waals surface area contributed by atoms with Gasteiger partial charge in [-0.15, -0.1) is 0 Å². The Labute approximate surface area is 161 Å². The van der Waals surface area contributed by atoms with Gasteiger partial charge in [-0.3, -0.25) is 9.98 Å². The molecule has 0 fully saturated rings. The molecule has 0 aliphatic carbocycles. The summed E-state index contributed by atoms with van der Waals surface area (Å²) < 4.78 is 0. The van der Waals surface area contributed by atoms with Crippen LogP contribution in [0, 0.1) is 0 Å². The van der Waals surface area contributed by atoms with Gasteiger partial charge in [0.05, 0.1) is 12.2 Å². The summed E-state index contributed by atoms with van der Waals surface area (Å²) in [6.45, 7) is 9.22. The van der Waals surface area contributed by atoms with Crippen LogP contribution in [-0.2, 0) is 6.54 Å². The number of aromatic nitrogens is 1. The van der Waals surface area contributed by atoms with E-state index in [0.29, 0.717) is 6.54 Å². The molecule has 1 aromatic heterocycles. The van der Waals surface area contributed by atoms with Crippen molar-refractivity contribution in [3.8, 4) is 0 Å². The molecule has 27 heavy (non-hydrogen) atoms. The van der Waals surface area contributed by atoms with E-state index in [2.05, 4.69) is 71.1 Å². The average molecular weight is 358 g/mol. The number of hydrogen-bond acceptors (Lipinski definition) is 3. The molecular formula is C23H26N4. The second-order valence-electron chi connectivity index (χ2n) is 6.86. The molecular weight excluding hydrogens is 332 g/mol. The molecule has 0 saturated heterocycles. The number of rotatable bonds is 7. The number of hydrogen-bond donors (Lipinski definition) is 0. The molecule has 2 heterocycles. The van der Waals surface area contributed by atoms with Crippen molar-refractivity contribution in [1.82, 2.24) is 9.88 Å². The predicted octanol–water partition coefficient (Wildman–Crippen LogP) is 4.34. The number of benzene rings is 2. The Morgan fingerprint density at radius 2 is 1.81 bits per heavy atom. The summed E-state index contributed by atoms with van der Waals surface area (Å²) in [4.78, 5) is 14.1. The van der Waals surface area contributed by atoms with E-state index in [0.717, 1.165) is 37.6 Å². The number of aliphatic imine (C=N–C) groups is 1. The minimum Gasteiger partial charge on any atom is -0.324 e. The Bertz CT molecular complexity index is 940. The zero-order valence-electron chi connectivity index (χ0n) is 16.1. The topological polar surface area (TPSA) is 31.7 Å². The fraction of sp³-hybridized carbons (Fsp3) is 0.304. The van der Waals surface area contributed by atoms with Crippen molar-refractivity contribution in [3.63, 3.8) is 0 Å². The van der Waals surface area contributed by atoms with E-state index < -0.39 is 0 Å². The average Bonchev–Trinajstić information content (AvgIpc) is 3.03. The maximum Gasteiger partial charge on any atom is 0.136 e. The first-order chi connectivity index (χ1) is 13.3. The third kappa shape index (κ3) is 3.45. The minimum atomic E-state index is 0.648. The molecule has 1 aliphatic rings. The normalized spacial score (nSPS) is 14.6. The second kappa shape index (κ2) is 7.89. The van der Waals surface area contributed by atoms with E-state index in [-0.39, 0.29) is 0 Å². The summed E-state index contributed by atoms with van der Waals surface area (Å²) in [5, 5.41) is 2.61. The molecule has 4 heteroatoms. The third-order valence-electron chi connectivity index (χ3n) is 5.34. The van der Waals surface area contributed by atoms with Crippen LogP contribution in [0.4, 0.5) is 5.69 Å². The van der Waals surface area contributed by atoms with Crippen LogP contribution in [0.15, 0.2) is 65.9 Å². The van der Waals surface area contributed by atoms with E-state index >= 15 is 0 Å². The van der Waals surface area contributed by atoms with E-state index in [1.165, 1.54) is 22.0 Å². The van der Waals surface area contributed by atoms with Gasteiger partial charge < -0.3 is 9.80 Å². The first kappa shape index (κ1) is 17.7. The van der Waals surface area contributed by atoms with Gasteiger partial charge in [-0.05, 0) is 36.2 Å². The lowest BCUT2D eigenvalue weighted by Crippen LogP contribution is -2.37. The van der Waals surface area contributed by atoms with Gasteiger partial charge in [0.25, 0.3) is 0 Å². The quantitative estimate of drug-likeness (QED) is 0.629. The Morgan fingerprint density at radius 1 is 1.00 bits per heavy atom. The van der Waals surface area contributed by atoms with Gasteiger partial charge in [0.1, 0.15) is 5.84 Å². The van der Waals surface area contributed by atoms with Crippen LogP contribution in [0.1, 0.15) is 25.0 Å². The molecule has 0 saturated carbocycles. The van der Waals surface area contributed by atoms with Crippen molar-refractivity contribution in [2.45, 2.75) is 20.4 Å². The summed E-state index contributed by atoms with van der Waals surface area (Å²) in [6, 6.07) is 17.1. The van der Waals surface area contributed by atoms with Gasteiger partial charge in [-0.25, -0.2) is 0 Å². The molecule has 0 bridgehead atoms. The van der Waals surface area contributed by atoms with Gasteiger partial charge in [0.2, 0.25) is 0 Å². The maximum atomic E-state index is 5.03. The molecule has 0 spiro atoms. The van der Waals surface area contributed by atoms with Crippen molar-refractivity contribution in [3.05, 3.63) is 72.1 Å². The summed E-state index contributed by atoms with van der Waals surface area (Å²) in [5.74, 6) is 1.08. The third-order valence-corrected chi connectivity index (χ3v) is 5.34. The molecule has 4 rings (SSSR count). The van der Waals surface area contributed by atoms with E-state index in [4.69, 9.17) is 4.99 Å². The summed E-state index contributed by atoms with van der Waals surface area (Å²) in [7, 11) is 0. The Kier molecular flexibility index (Phi) is 5.16. The van der Waals surface area contributed by atoms with Crippen LogP contribution >= 0.6 is 0 Å². The summed E-state index contributed by atoms with van der Waals surface area (Å²) in [6.07, 6.45) is 3.70. The minimum absolute atomic E-state index is 0.648. The van der Waals surface area contributed by atoms with E-state index in [9.17, 15) is 0 Å². The van der Waals surface area contributed by atoms with Crippen molar-refractivity contribution in [2.24, 2.45) is 4.99 Å². The molecule has 4 nitrogen and oxygen atoms in total. The fourth-order valence-electron chi connectivity index (χ4n) is 3.83. The van der Waals surface area contributed by atoms with Crippen LogP contribution in [0.3, 0.4) is 0 Å². The zero-order valence-corrected chi connectivity index (χ0v) is 16.1. The monoisotopic (exact) mass is 358 g/mol. The number of pyridine rings is 1. The molecule has 1 aliphatic heterocycles. The second-order valence-corrected chi connectivity index (χ2v) is 6.86. The lowest BCUT2D eigenvalue weighted by molar-refractivity contribution is 0.313. The maximum absolute atomic E-state index is 5.03. The van der Waals surface area contributed by atoms with Gasteiger partial charge in [0, 0.05) is 36.4 Å². The van der Waals surface area contributed by atoms with Crippen LogP contribution < -0.4 is 4.90 Å². The van der Waals surface area contributed by atoms with Crippen molar-refractivity contribution < 1.29 is 0 Å². The van der Waals surface area contributed by atoms with Gasteiger partial charge >= 0.3 is 0 Å². The lowest BCUT2D eigenvalue weighted by Gasteiger charge is -2.25. The van der Waals surface area contributed by atoms with Gasteiger partial charge in [0.15, 0.2) is 0 Å². The van der Waals surface area contributed by atoms with Gasteiger partial charge in [-0.2, -0.15) is 0 Å². The predicted molar refractivity (Wildman–Crippen MR) is 114 cm³/mol. The molecule has 2 aromatic carbocycles. The Hall–Kier alpha value is -2.72. The lowest BCUT2D eigenvalue weighted by atomic mass is 10.1. The molecule has 3 aromatic rings. The Morgan fingerprint density at radius 3 is 2.56 bits per heavy atom. The van der Waals surface area contributed by atoms with Crippen LogP contribution in [0.2, 0.25) is 0 Å². The highest BCUT2D eigenvalue weighted by Gasteiger charge is 2.27. The molecule has 138 valence electrons. The van der Waals surface area contributed by atoms with Crippen LogP contribution in [0.25, 0.3) is 10.8 Å². The SMILES string of the molecule is CCN(CC)CCN1C(=NCc2cccnc2)c2cccc3cccc1c23. The van der Waals surface area contributed by atoms with E-state index in [1.807, 2.05) is 12.3 Å². The smallest absolute Gasteiger partial charge is 0.136 e. The molecule has 0 unspecified atom stereocenters. The van der Waals surface area contributed by atoms with Crippen LogP contribution in [-0.4, -0.2) is 41.9 Å². The molecule has 0 N–H and O–H groups in total.